The summed E-state index contributed by atoms with van der Waals surface area (Å²) < 4.78 is 0. The van der Waals surface area contributed by atoms with Gasteiger partial charge in [0.15, 0.2) is 0 Å². The maximum absolute atomic E-state index is 12.1. The lowest BCUT2D eigenvalue weighted by Gasteiger charge is -2.41. The molecule has 2 aliphatic carbocycles. The van der Waals surface area contributed by atoms with E-state index in [1.54, 1.807) is 18.2 Å². The standard InChI is InChI=1S/C21H32N4O2/c22-15-6-1-12(2-7-15)19(13-3-8-16(23)9-4-13)18-11-14(20(24)26)5-10-17(18)21(25)27/h5,10-13,15-16,19H,1-4,6-9,22-23H2,(H2,24,26)(H2,25,27). The Bertz CT molecular complexity index is 667. The van der Waals surface area contributed by atoms with Crippen LogP contribution in [0.5, 0.6) is 0 Å². The van der Waals surface area contributed by atoms with Crippen LogP contribution in [0.1, 0.15) is 83.6 Å². The summed E-state index contributed by atoms with van der Waals surface area (Å²) in [6.07, 6.45) is 8.12. The molecule has 27 heavy (non-hydrogen) atoms. The molecular formula is C21H32N4O2. The average molecular weight is 373 g/mol. The second-order valence-electron chi connectivity index (χ2n) is 8.41. The molecule has 0 atom stereocenters. The van der Waals surface area contributed by atoms with E-state index in [-0.39, 0.29) is 18.0 Å². The second kappa shape index (κ2) is 8.40. The van der Waals surface area contributed by atoms with Crippen molar-refractivity contribution in [3.63, 3.8) is 0 Å². The molecule has 2 aliphatic rings. The lowest BCUT2D eigenvalue weighted by Crippen LogP contribution is -2.35. The monoisotopic (exact) mass is 372 g/mol. The van der Waals surface area contributed by atoms with Crippen molar-refractivity contribution >= 4 is 11.8 Å². The molecule has 2 saturated carbocycles. The number of carbonyl (C=O) groups is 2. The van der Waals surface area contributed by atoms with E-state index in [1.165, 1.54) is 0 Å². The number of hydrogen-bond acceptors (Lipinski definition) is 4. The number of benzene rings is 1. The topological polar surface area (TPSA) is 138 Å². The van der Waals surface area contributed by atoms with Crippen molar-refractivity contribution in [2.45, 2.75) is 69.4 Å². The molecule has 0 aromatic heterocycles. The van der Waals surface area contributed by atoms with E-state index in [9.17, 15) is 9.59 Å². The molecule has 1 aromatic carbocycles. The summed E-state index contributed by atoms with van der Waals surface area (Å²) in [7, 11) is 0. The first kappa shape index (κ1) is 19.8. The Labute approximate surface area is 161 Å². The van der Waals surface area contributed by atoms with Crippen molar-refractivity contribution in [1.82, 2.24) is 0 Å². The van der Waals surface area contributed by atoms with Gasteiger partial charge in [-0.2, -0.15) is 0 Å². The van der Waals surface area contributed by atoms with Crippen molar-refractivity contribution in [1.29, 1.82) is 0 Å². The van der Waals surface area contributed by atoms with Gasteiger partial charge in [-0.1, -0.05) is 0 Å². The van der Waals surface area contributed by atoms with Crippen molar-refractivity contribution in [3.8, 4) is 0 Å². The van der Waals surface area contributed by atoms with Crippen LogP contribution in [0.4, 0.5) is 0 Å². The lowest BCUT2D eigenvalue weighted by atomic mass is 9.65. The van der Waals surface area contributed by atoms with E-state index in [2.05, 4.69) is 0 Å². The highest BCUT2D eigenvalue weighted by atomic mass is 16.1. The highest BCUT2D eigenvalue weighted by molar-refractivity contribution is 5.98. The maximum Gasteiger partial charge on any atom is 0.248 e. The van der Waals surface area contributed by atoms with E-state index in [4.69, 9.17) is 22.9 Å². The van der Waals surface area contributed by atoms with Gasteiger partial charge in [0, 0.05) is 23.2 Å². The summed E-state index contributed by atoms with van der Waals surface area (Å²) in [6, 6.07) is 5.57. The van der Waals surface area contributed by atoms with Crippen LogP contribution in [-0.4, -0.2) is 23.9 Å². The van der Waals surface area contributed by atoms with Gasteiger partial charge in [-0.15, -0.1) is 0 Å². The van der Waals surface area contributed by atoms with Gasteiger partial charge in [-0.05, 0) is 92.9 Å². The predicted octanol–water partition coefficient (Wildman–Crippen LogP) is 2.00. The minimum atomic E-state index is -0.484. The minimum Gasteiger partial charge on any atom is -0.366 e. The normalized spacial score (nSPS) is 29.9. The molecule has 0 spiro atoms. The summed E-state index contributed by atoms with van der Waals surface area (Å²) in [4.78, 5) is 23.9. The maximum atomic E-state index is 12.1. The Kier molecular flexibility index (Phi) is 6.17. The van der Waals surface area contributed by atoms with Gasteiger partial charge in [0.2, 0.25) is 11.8 Å². The minimum absolute atomic E-state index is 0.187. The molecule has 148 valence electrons. The van der Waals surface area contributed by atoms with E-state index < -0.39 is 11.8 Å². The Morgan fingerprint density at radius 3 is 1.67 bits per heavy atom. The molecule has 0 saturated heterocycles. The fraction of sp³-hybridized carbons (Fsp3) is 0.619. The zero-order valence-electron chi connectivity index (χ0n) is 15.9. The Morgan fingerprint density at radius 2 is 1.26 bits per heavy atom. The Balaban J connectivity index is 2.02. The lowest BCUT2D eigenvalue weighted by molar-refractivity contribution is 0.0984. The number of hydrogen-bond donors (Lipinski definition) is 4. The quantitative estimate of drug-likeness (QED) is 0.628. The first-order valence-electron chi connectivity index (χ1n) is 10.1. The van der Waals surface area contributed by atoms with Gasteiger partial charge >= 0.3 is 0 Å². The molecule has 2 amide bonds. The molecule has 8 N–H and O–H groups in total. The third kappa shape index (κ3) is 4.50. The van der Waals surface area contributed by atoms with Crippen LogP contribution in [0, 0.1) is 11.8 Å². The summed E-state index contributed by atoms with van der Waals surface area (Å²) in [5, 5.41) is 0. The van der Waals surface area contributed by atoms with Crippen molar-refractivity contribution in [3.05, 3.63) is 34.9 Å². The van der Waals surface area contributed by atoms with Crippen LogP contribution >= 0.6 is 0 Å². The molecule has 0 unspecified atom stereocenters. The van der Waals surface area contributed by atoms with E-state index in [0.717, 1.165) is 56.9 Å². The molecule has 6 nitrogen and oxygen atoms in total. The molecule has 2 fully saturated rings. The Morgan fingerprint density at radius 1 is 0.778 bits per heavy atom. The fourth-order valence-corrected chi connectivity index (χ4v) is 5.12. The fourth-order valence-electron chi connectivity index (χ4n) is 5.12. The zero-order chi connectivity index (χ0) is 19.6. The number of nitrogens with two attached hydrogens (primary N) is 4. The SMILES string of the molecule is NC(=O)c1ccc(C(N)=O)c(C(C2CCC(N)CC2)C2CCC(N)CC2)c1. The van der Waals surface area contributed by atoms with Gasteiger partial charge in [0.1, 0.15) is 0 Å². The molecule has 0 radical (unpaired) electrons. The molecule has 3 rings (SSSR count). The molecule has 0 heterocycles. The smallest absolute Gasteiger partial charge is 0.248 e. The van der Waals surface area contributed by atoms with Crippen LogP contribution in [0.15, 0.2) is 18.2 Å². The third-order valence-electron chi connectivity index (χ3n) is 6.61. The van der Waals surface area contributed by atoms with Crippen molar-refractivity contribution in [2.75, 3.05) is 0 Å². The van der Waals surface area contributed by atoms with Gasteiger partial charge in [0.25, 0.3) is 0 Å². The summed E-state index contributed by atoms with van der Waals surface area (Å²) >= 11 is 0. The molecule has 1 aromatic rings. The summed E-state index contributed by atoms with van der Waals surface area (Å²) in [5.41, 5.74) is 25.3. The van der Waals surface area contributed by atoms with E-state index in [0.29, 0.717) is 23.0 Å². The van der Waals surface area contributed by atoms with Gasteiger partial charge in [-0.3, -0.25) is 9.59 Å². The highest BCUT2D eigenvalue weighted by Gasteiger charge is 2.36. The average Bonchev–Trinajstić information content (AvgIpc) is 2.64. The van der Waals surface area contributed by atoms with Gasteiger partial charge < -0.3 is 22.9 Å². The van der Waals surface area contributed by atoms with Gasteiger partial charge in [0.05, 0.1) is 0 Å². The molecule has 0 bridgehead atoms. The molecular weight excluding hydrogens is 340 g/mol. The number of amides is 2. The van der Waals surface area contributed by atoms with Crippen LogP contribution in [-0.2, 0) is 0 Å². The largest absolute Gasteiger partial charge is 0.366 e. The molecule has 6 heteroatoms. The number of primary amides is 2. The first-order chi connectivity index (χ1) is 12.9. The van der Waals surface area contributed by atoms with Crippen LogP contribution in [0.3, 0.4) is 0 Å². The molecule has 0 aliphatic heterocycles. The number of rotatable bonds is 5. The zero-order valence-corrected chi connectivity index (χ0v) is 15.9. The Hall–Kier alpha value is -1.92. The van der Waals surface area contributed by atoms with Crippen LogP contribution < -0.4 is 22.9 Å². The van der Waals surface area contributed by atoms with Gasteiger partial charge in [-0.25, -0.2) is 0 Å². The van der Waals surface area contributed by atoms with E-state index >= 15 is 0 Å². The van der Waals surface area contributed by atoms with Crippen molar-refractivity contribution < 1.29 is 9.59 Å². The summed E-state index contributed by atoms with van der Waals surface area (Å²) in [5.74, 6) is 0.121. The predicted molar refractivity (Wildman–Crippen MR) is 106 cm³/mol. The van der Waals surface area contributed by atoms with Crippen molar-refractivity contribution in [2.24, 2.45) is 34.8 Å². The third-order valence-corrected chi connectivity index (χ3v) is 6.61. The van der Waals surface area contributed by atoms with Crippen LogP contribution in [0.2, 0.25) is 0 Å². The number of carbonyl (C=O) groups excluding carboxylic acids is 2. The summed E-state index contributed by atoms with van der Waals surface area (Å²) in [6.45, 7) is 0. The highest BCUT2D eigenvalue weighted by Crippen LogP contribution is 2.46. The van der Waals surface area contributed by atoms with Crippen LogP contribution in [0.25, 0.3) is 0 Å². The van der Waals surface area contributed by atoms with E-state index in [1.807, 2.05) is 0 Å². The second-order valence-corrected chi connectivity index (χ2v) is 8.41. The first-order valence-corrected chi connectivity index (χ1v) is 10.1.